The third-order valence-corrected chi connectivity index (χ3v) is 3.78. The van der Waals surface area contributed by atoms with E-state index in [0.29, 0.717) is 12.3 Å². The van der Waals surface area contributed by atoms with E-state index in [2.05, 4.69) is 5.32 Å². The van der Waals surface area contributed by atoms with E-state index in [0.717, 1.165) is 18.5 Å². The van der Waals surface area contributed by atoms with Gasteiger partial charge in [-0.1, -0.05) is 50.3 Å². The molecule has 1 N–H and O–H groups in total. The fourth-order valence-corrected chi connectivity index (χ4v) is 2.80. The number of anilines is 1. The summed E-state index contributed by atoms with van der Waals surface area (Å²) in [6, 6.07) is 9.21. The molecule has 1 amide bonds. The molecule has 0 spiro atoms. The first-order valence-electron chi connectivity index (χ1n) is 7.23. The van der Waals surface area contributed by atoms with Crippen molar-refractivity contribution in [3.05, 3.63) is 30.3 Å². The van der Waals surface area contributed by atoms with Gasteiger partial charge in [0, 0.05) is 5.69 Å². The van der Waals surface area contributed by atoms with E-state index in [9.17, 15) is 9.18 Å². The highest BCUT2D eigenvalue weighted by Gasteiger charge is 2.20. The van der Waals surface area contributed by atoms with Crippen LogP contribution in [0.5, 0.6) is 0 Å². The molecule has 3 heteroatoms. The number of hydrogen-bond acceptors (Lipinski definition) is 1. The van der Waals surface area contributed by atoms with Crippen LogP contribution in [0.25, 0.3) is 0 Å². The molecular formula is C16H22FNO. The zero-order chi connectivity index (χ0) is 13.5. The molecule has 0 saturated heterocycles. The van der Waals surface area contributed by atoms with Crippen molar-refractivity contribution in [2.75, 3.05) is 5.32 Å². The summed E-state index contributed by atoms with van der Waals surface area (Å²) in [4.78, 5) is 11.7. The molecule has 2 rings (SSSR count). The Bertz CT molecular complexity index is 387. The third kappa shape index (κ3) is 5.01. The lowest BCUT2D eigenvalue weighted by Crippen LogP contribution is -2.20. The van der Waals surface area contributed by atoms with Crippen LogP contribution in [-0.4, -0.2) is 12.1 Å². The second-order valence-corrected chi connectivity index (χ2v) is 5.46. The largest absolute Gasteiger partial charge is 0.326 e. The van der Waals surface area contributed by atoms with Gasteiger partial charge >= 0.3 is 0 Å². The summed E-state index contributed by atoms with van der Waals surface area (Å²) in [5.41, 5.74) is 0.734. The minimum absolute atomic E-state index is 0.0224. The lowest BCUT2D eigenvalue weighted by atomic mass is 9.85. The van der Waals surface area contributed by atoms with E-state index in [-0.39, 0.29) is 12.3 Å². The standard InChI is InChI=1S/C16H22FNO/c17-14(11-13-7-3-1-4-8-13)12-16(19)18-15-9-5-2-6-10-15/h2,5-6,9-10,13-14H,1,3-4,7-8,11-12H2,(H,18,19)/t14-/m0/s1. The zero-order valence-electron chi connectivity index (χ0n) is 11.3. The summed E-state index contributed by atoms with van der Waals surface area (Å²) in [6.45, 7) is 0. The van der Waals surface area contributed by atoms with E-state index < -0.39 is 6.17 Å². The average Bonchev–Trinajstić information content (AvgIpc) is 2.40. The summed E-state index contributed by atoms with van der Waals surface area (Å²) in [7, 11) is 0. The number of carbonyl (C=O) groups excluding carboxylic acids is 1. The van der Waals surface area contributed by atoms with Gasteiger partial charge in [0.1, 0.15) is 6.17 Å². The van der Waals surface area contributed by atoms with E-state index in [1.165, 1.54) is 19.3 Å². The lowest BCUT2D eigenvalue weighted by molar-refractivity contribution is -0.117. The number of rotatable bonds is 5. The van der Waals surface area contributed by atoms with Gasteiger partial charge in [-0.3, -0.25) is 4.79 Å². The quantitative estimate of drug-likeness (QED) is 0.842. The van der Waals surface area contributed by atoms with Crippen LogP contribution in [0.3, 0.4) is 0 Å². The molecular weight excluding hydrogens is 241 g/mol. The highest BCUT2D eigenvalue weighted by Crippen LogP contribution is 2.28. The van der Waals surface area contributed by atoms with Gasteiger partial charge in [0.05, 0.1) is 6.42 Å². The smallest absolute Gasteiger partial charge is 0.227 e. The van der Waals surface area contributed by atoms with Crippen LogP contribution < -0.4 is 5.32 Å². The summed E-state index contributed by atoms with van der Waals surface area (Å²) in [6.07, 6.45) is 5.48. The molecule has 0 bridgehead atoms. The lowest BCUT2D eigenvalue weighted by Gasteiger charge is -2.22. The van der Waals surface area contributed by atoms with Gasteiger partial charge in [0.25, 0.3) is 0 Å². The van der Waals surface area contributed by atoms with Crippen molar-refractivity contribution in [1.29, 1.82) is 0 Å². The molecule has 1 aromatic rings. The molecule has 1 atom stereocenters. The topological polar surface area (TPSA) is 29.1 Å². The number of nitrogens with one attached hydrogen (secondary N) is 1. The fourth-order valence-electron chi connectivity index (χ4n) is 2.80. The van der Waals surface area contributed by atoms with Crippen molar-refractivity contribution in [2.24, 2.45) is 5.92 Å². The summed E-state index contributed by atoms with van der Waals surface area (Å²) in [5, 5.41) is 2.73. The first kappa shape index (κ1) is 14.0. The minimum Gasteiger partial charge on any atom is -0.326 e. The van der Waals surface area contributed by atoms with E-state index in [1.54, 1.807) is 0 Å². The highest BCUT2D eigenvalue weighted by atomic mass is 19.1. The summed E-state index contributed by atoms with van der Waals surface area (Å²) >= 11 is 0. The maximum absolute atomic E-state index is 13.9. The van der Waals surface area contributed by atoms with E-state index in [1.807, 2.05) is 30.3 Å². The molecule has 1 aliphatic rings. The Hall–Kier alpha value is -1.38. The van der Waals surface area contributed by atoms with Crippen LogP contribution in [0, 0.1) is 5.92 Å². The van der Waals surface area contributed by atoms with Crippen molar-refractivity contribution >= 4 is 11.6 Å². The Balaban J connectivity index is 1.72. The van der Waals surface area contributed by atoms with Gasteiger partial charge in [-0.25, -0.2) is 4.39 Å². The summed E-state index contributed by atoms with van der Waals surface area (Å²) < 4.78 is 13.9. The van der Waals surface area contributed by atoms with Crippen LogP contribution in [0.2, 0.25) is 0 Å². The Morgan fingerprint density at radius 2 is 1.89 bits per heavy atom. The highest BCUT2D eigenvalue weighted by molar-refractivity contribution is 5.90. The first-order valence-corrected chi connectivity index (χ1v) is 7.23. The van der Waals surface area contributed by atoms with Crippen molar-refractivity contribution in [2.45, 2.75) is 51.1 Å². The second kappa shape index (κ2) is 7.27. The number of benzene rings is 1. The molecule has 0 unspecified atom stereocenters. The van der Waals surface area contributed by atoms with Gasteiger partial charge < -0.3 is 5.32 Å². The van der Waals surface area contributed by atoms with Crippen LogP contribution in [-0.2, 0) is 4.79 Å². The molecule has 19 heavy (non-hydrogen) atoms. The Labute approximate surface area is 114 Å². The van der Waals surface area contributed by atoms with Crippen LogP contribution in [0.4, 0.5) is 10.1 Å². The average molecular weight is 263 g/mol. The number of para-hydroxylation sites is 1. The predicted octanol–water partition coefficient (Wildman–Crippen LogP) is 4.32. The SMILES string of the molecule is O=C(C[C@@H](F)CC1CCCCC1)Nc1ccccc1. The molecule has 0 radical (unpaired) electrons. The molecule has 1 aromatic carbocycles. The van der Waals surface area contributed by atoms with E-state index in [4.69, 9.17) is 0 Å². The molecule has 0 heterocycles. The Morgan fingerprint density at radius 1 is 1.21 bits per heavy atom. The second-order valence-electron chi connectivity index (χ2n) is 5.46. The van der Waals surface area contributed by atoms with Crippen molar-refractivity contribution in [1.82, 2.24) is 0 Å². The molecule has 1 fully saturated rings. The van der Waals surface area contributed by atoms with Crippen LogP contribution in [0.1, 0.15) is 44.9 Å². The van der Waals surface area contributed by atoms with Gasteiger partial charge in [0.15, 0.2) is 0 Å². The molecule has 1 saturated carbocycles. The predicted molar refractivity (Wildman–Crippen MR) is 75.8 cm³/mol. The number of carbonyl (C=O) groups is 1. The molecule has 0 aliphatic heterocycles. The first-order chi connectivity index (χ1) is 9.24. The number of amides is 1. The molecule has 104 valence electrons. The van der Waals surface area contributed by atoms with Crippen LogP contribution in [0.15, 0.2) is 30.3 Å². The van der Waals surface area contributed by atoms with Crippen molar-refractivity contribution in [3.8, 4) is 0 Å². The van der Waals surface area contributed by atoms with Gasteiger partial charge in [-0.05, 0) is 24.5 Å². The Morgan fingerprint density at radius 3 is 2.58 bits per heavy atom. The number of alkyl halides is 1. The number of halogens is 1. The fraction of sp³-hybridized carbons (Fsp3) is 0.562. The van der Waals surface area contributed by atoms with Gasteiger partial charge in [-0.2, -0.15) is 0 Å². The molecule has 0 aromatic heterocycles. The molecule has 2 nitrogen and oxygen atoms in total. The number of hydrogen-bond donors (Lipinski definition) is 1. The third-order valence-electron chi connectivity index (χ3n) is 3.78. The van der Waals surface area contributed by atoms with Gasteiger partial charge in [-0.15, -0.1) is 0 Å². The monoisotopic (exact) mass is 263 g/mol. The zero-order valence-corrected chi connectivity index (χ0v) is 11.3. The summed E-state index contributed by atoms with van der Waals surface area (Å²) in [5.74, 6) is 0.253. The maximum Gasteiger partial charge on any atom is 0.227 e. The molecule has 1 aliphatic carbocycles. The normalized spacial score (nSPS) is 17.9. The van der Waals surface area contributed by atoms with Gasteiger partial charge in [0.2, 0.25) is 5.91 Å². The van der Waals surface area contributed by atoms with E-state index >= 15 is 0 Å². The minimum atomic E-state index is -1.01. The van der Waals surface area contributed by atoms with Crippen molar-refractivity contribution in [3.63, 3.8) is 0 Å². The van der Waals surface area contributed by atoms with Crippen LogP contribution >= 0.6 is 0 Å². The maximum atomic E-state index is 13.9. The van der Waals surface area contributed by atoms with Crippen molar-refractivity contribution < 1.29 is 9.18 Å². The Kier molecular flexibility index (Phi) is 5.37.